The molecule has 12 heteroatoms. The Morgan fingerprint density at radius 3 is 2.19 bits per heavy atom. The van der Waals surface area contributed by atoms with Crippen LogP contribution in [0.3, 0.4) is 0 Å². The number of nitrogens with zero attached hydrogens (tertiary/aromatic N) is 2. The van der Waals surface area contributed by atoms with Gasteiger partial charge in [0.1, 0.15) is 16.5 Å². The van der Waals surface area contributed by atoms with E-state index in [2.05, 4.69) is 10.0 Å². The Morgan fingerprint density at radius 2 is 1.44 bits per heavy atom. The number of halogens is 2. The van der Waals surface area contributed by atoms with Crippen molar-refractivity contribution in [3.05, 3.63) is 108 Å². The first-order valence-electron chi connectivity index (χ1n) is 13.6. The molecular weight excluding hydrogens is 578 g/mol. The zero-order valence-corrected chi connectivity index (χ0v) is 23.7. The van der Waals surface area contributed by atoms with Crippen LogP contribution >= 0.6 is 0 Å². The number of piperazine rings is 1. The van der Waals surface area contributed by atoms with Gasteiger partial charge >= 0.3 is 0 Å². The number of hydrogen-bond donors (Lipinski definition) is 2. The fourth-order valence-corrected chi connectivity index (χ4v) is 6.38. The van der Waals surface area contributed by atoms with E-state index in [-0.39, 0.29) is 35.3 Å². The quantitative estimate of drug-likeness (QED) is 0.299. The molecule has 0 unspecified atom stereocenters. The van der Waals surface area contributed by atoms with E-state index < -0.39 is 21.7 Å². The molecule has 0 aliphatic carbocycles. The third kappa shape index (κ3) is 6.11. The standard InChI is InChI=1S/C31H28F2N4O5S/c32-24-6-2-1-5-23(24)31(38)35-22-10-11-27(37-15-13-36(14-16-37)26-8-4-3-7-25(26)33)30(18-22)43(39,40)34-19-21-9-12-28-29(17-21)42-20-41-28/h1-12,17-18,34H,13-16,19-20H2,(H,35,38). The van der Waals surface area contributed by atoms with Crippen molar-refractivity contribution in [2.45, 2.75) is 11.4 Å². The number of benzene rings is 4. The van der Waals surface area contributed by atoms with E-state index in [0.717, 1.165) is 0 Å². The van der Waals surface area contributed by atoms with Crippen molar-refractivity contribution in [3.8, 4) is 11.5 Å². The van der Waals surface area contributed by atoms with E-state index in [1.54, 1.807) is 48.5 Å². The molecule has 222 valence electrons. The highest BCUT2D eigenvalue weighted by Crippen LogP contribution is 2.34. The van der Waals surface area contributed by atoms with Crippen LogP contribution in [0.5, 0.6) is 11.5 Å². The number of ether oxygens (including phenoxy) is 2. The summed E-state index contributed by atoms with van der Waals surface area (Å²) in [6.07, 6.45) is 0. The first kappa shape index (κ1) is 28.4. The number of fused-ring (bicyclic) bond motifs is 1. The minimum Gasteiger partial charge on any atom is -0.454 e. The molecule has 2 N–H and O–H groups in total. The molecule has 6 rings (SSSR count). The summed E-state index contributed by atoms with van der Waals surface area (Å²) in [7, 11) is -4.12. The van der Waals surface area contributed by atoms with E-state index in [1.165, 1.54) is 36.4 Å². The van der Waals surface area contributed by atoms with Gasteiger partial charge in [0.2, 0.25) is 16.8 Å². The van der Waals surface area contributed by atoms with E-state index in [1.807, 2.05) is 9.80 Å². The molecule has 43 heavy (non-hydrogen) atoms. The fourth-order valence-electron chi connectivity index (χ4n) is 5.12. The molecule has 2 aliphatic rings. The van der Waals surface area contributed by atoms with Gasteiger partial charge in [-0.25, -0.2) is 21.9 Å². The second-order valence-electron chi connectivity index (χ2n) is 10.1. The van der Waals surface area contributed by atoms with Crippen LogP contribution in [0.25, 0.3) is 0 Å². The van der Waals surface area contributed by atoms with Gasteiger partial charge in [0.25, 0.3) is 5.91 Å². The third-order valence-corrected chi connectivity index (χ3v) is 8.77. The smallest absolute Gasteiger partial charge is 0.258 e. The highest BCUT2D eigenvalue weighted by molar-refractivity contribution is 7.89. The molecule has 0 atom stereocenters. The van der Waals surface area contributed by atoms with Crippen LogP contribution in [0.4, 0.5) is 25.8 Å². The van der Waals surface area contributed by atoms with E-state index in [4.69, 9.17) is 9.47 Å². The number of nitrogens with one attached hydrogen (secondary N) is 2. The van der Waals surface area contributed by atoms with E-state index in [9.17, 15) is 22.0 Å². The Kier molecular flexibility index (Phi) is 7.87. The first-order valence-corrected chi connectivity index (χ1v) is 15.1. The highest BCUT2D eigenvalue weighted by atomic mass is 32.2. The number of sulfonamides is 1. The molecule has 1 fully saturated rings. The fraction of sp³-hybridized carbons (Fsp3) is 0.194. The van der Waals surface area contributed by atoms with Gasteiger partial charge in [0.15, 0.2) is 11.5 Å². The number of amides is 1. The molecule has 0 saturated carbocycles. The minimum absolute atomic E-state index is 0.0225. The molecule has 0 bridgehead atoms. The second kappa shape index (κ2) is 11.9. The molecule has 2 aliphatic heterocycles. The van der Waals surface area contributed by atoms with Crippen LogP contribution in [-0.2, 0) is 16.6 Å². The normalized spacial score (nSPS) is 14.6. The lowest BCUT2D eigenvalue weighted by Crippen LogP contribution is -2.47. The summed E-state index contributed by atoms with van der Waals surface area (Å²) in [5, 5.41) is 2.61. The molecule has 1 saturated heterocycles. The van der Waals surface area contributed by atoms with Gasteiger partial charge in [0, 0.05) is 38.4 Å². The summed E-state index contributed by atoms with van der Waals surface area (Å²) >= 11 is 0. The number of hydrogen-bond acceptors (Lipinski definition) is 7. The molecule has 4 aromatic rings. The van der Waals surface area contributed by atoms with Crippen molar-refractivity contribution in [1.29, 1.82) is 0 Å². The molecule has 9 nitrogen and oxygen atoms in total. The van der Waals surface area contributed by atoms with Crippen LogP contribution in [0.2, 0.25) is 0 Å². The summed E-state index contributed by atoms with van der Waals surface area (Å²) in [5.74, 6) is -0.602. The topological polar surface area (TPSA) is 100 Å². The minimum atomic E-state index is -4.12. The summed E-state index contributed by atoms with van der Waals surface area (Å²) in [6.45, 7) is 1.88. The molecule has 1 amide bonds. The second-order valence-corrected chi connectivity index (χ2v) is 11.8. The summed E-state index contributed by atoms with van der Waals surface area (Å²) in [5.41, 5.74) is 1.60. The number of carbonyl (C=O) groups excluding carboxylic acids is 1. The summed E-state index contributed by atoms with van der Waals surface area (Å²) in [6, 6.07) is 21.8. The SMILES string of the molecule is O=C(Nc1ccc(N2CCN(c3ccccc3F)CC2)c(S(=O)(=O)NCc2ccc3c(c2)OCO3)c1)c1ccccc1F. The predicted octanol–water partition coefficient (Wildman–Crippen LogP) is 4.75. The van der Waals surface area contributed by atoms with Gasteiger partial charge in [-0.15, -0.1) is 0 Å². The van der Waals surface area contributed by atoms with Crippen LogP contribution < -0.4 is 29.3 Å². The Bertz CT molecular complexity index is 1780. The van der Waals surface area contributed by atoms with E-state index in [0.29, 0.717) is 54.6 Å². The van der Waals surface area contributed by atoms with Crippen molar-refractivity contribution < 1.29 is 31.5 Å². The zero-order valence-electron chi connectivity index (χ0n) is 22.9. The van der Waals surface area contributed by atoms with Gasteiger partial charge < -0.3 is 24.6 Å². The maximum Gasteiger partial charge on any atom is 0.258 e. The van der Waals surface area contributed by atoms with Crippen LogP contribution in [0.1, 0.15) is 15.9 Å². The predicted molar refractivity (Wildman–Crippen MR) is 158 cm³/mol. The molecule has 0 radical (unpaired) electrons. The van der Waals surface area contributed by atoms with Crippen LogP contribution in [0.15, 0.2) is 89.8 Å². The molecular formula is C31H28F2N4O5S. The monoisotopic (exact) mass is 606 g/mol. The number of para-hydroxylation sites is 1. The van der Waals surface area contributed by atoms with Crippen LogP contribution in [0, 0.1) is 11.6 Å². The van der Waals surface area contributed by atoms with Crippen molar-refractivity contribution >= 4 is 33.0 Å². The first-order chi connectivity index (χ1) is 20.8. The van der Waals surface area contributed by atoms with Crippen LogP contribution in [-0.4, -0.2) is 47.3 Å². The maximum absolute atomic E-state index is 14.4. The molecule has 0 spiro atoms. The van der Waals surface area contributed by atoms with Gasteiger partial charge in [-0.3, -0.25) is 4.79 Å². The average Bonchev–Trinajstić information content (AvgIpc) is 3.49. The molecule has 2 heterocycles. The largest absolute Gasteiger partial charge is 0.454 e. The Labute approximate surface area is 247 Å². The number of anilines is 3. The third-order valence-electron chi connectivity index (χ3n) is 7.34. The lowest BCUT2D eigenvalue weighted by atomic mass is 10.2. The lowest BCUT2D eigenvalue weighted by molar-refractivity contribution is 0.102. The Balaban J connectivity index is 1.27. The average molecular weight is 607 g/mol. The van der Waals surface area contributed by atoms with Crippen molar-refractivity contribution in [1.82, 2.24) is 4.72 Å². The van der Waals surface area contributed by atoms with Gasteiger partial charge in [-0.1, -0.05) is 30.3 Å². The number of carbonyl (C=O) groups is 1. The summed E-state index contributed by atoms with van der Waals surface area (Å²) in [4.78, 5) is 16.6. The Hall–Kier alpha value is -4.68. The van der Waals surface area contributed by atoms with Gasteiger partial charge in [-0.05, 0) is 60.2 Å². The maximum atomic E-state index is 14.4. The number of rotatable bonds is 8. The van der Waals surface area contributed by atoms with Crippen molar-refractivity contribution in [3.63, 3.8) is 0 Å². The molecule has 0 aromatic heterocycles. The van der Waals surface area contributed by atoms with E-state index >= 15 is 0 Å². The highest BCUT2D eigenvalue weighted by Gasteiger charge is 2.27. The molecule has 4 aromatic carbocycles. The Morgan fingerprint density at radius 1 is 0.767 bits per heavy atom. The lowest BCUT2D eigenvalue weighted by Gasteiger charge is -2.38. The summed E-state index contributed by atoms with van der Waals surface area (Å²) < 4.78 is 69.5. The van der Waals surface area contributed by atoms with Crippen molar-refractivity contribution in [2.75, 3.05) is 48.1 Å². The van der Waals surface area contributed by atoms with Gasteiger partial charge in [-0.2, -0.15) is 0 Å². The van der Waals surface area contributed by atoms with Gasteiger partial charge in [0.05, 0.1) is 16.9 Å². The van der Waals surface area contributed by atoms with Crippen molar-refractivity contribution in [2.24, 2.45) is 0 Å². The zero-order chi connectivity index (χ0) is 30.0.